The Kier molecular flexibility index (Phi) is 8.01. The summed E-state index contributed by atoms with van der Waals surface area (Å²) in [5.41, 5.74) is -0.375. The van der Waals surface area contributed by atoms with Gasteiger partial charge in [-0.3, -0.25) is 14.4 Å². The van der Waals surface area contributed by atoms with Gasteiger partial charge >= 0.3 is 6.36 Å². The minimum Gasteiger partial charge on any atom is -0.405 e. The second-order valence-electron chi connectivity index (χ2n) is 7.34. The quantitative estimate of drug-likeness (QED) is 0.595. The second kappa shape index (κ2) is 10.3. The molecule has 1 aliphatic rings. The third kappa shape index (κ3) is 6.43. The zero-order valence-electron chi connectivity index (χ0n) is 17.1. The van der Waals surface area contributed by atoms with E-state index in [1.54, 1.807) is 13.8 Å². The number of nitrogens with one attached hydrogen (secondary N) is 2. The van der Waals surface area contributed by atoms with Crippen molar-refractivity contribution in [2.45, 2.75) is 45.1 Å². The maximum Gasteiger partial charge on any atom is 0.573 e. The van der Waals surface area contributed by atoms with Gasteiger partial charge in [0.25, 0.3) is 5.91 Å². The van der Waals surface area contributed by atoms with E-state index in [1.165, 1.54) is 17.0 Å². The minimum atomic E-state index is -4.98. The molecule has 1 saturated heterocycles. The molecule has 0 radical (unpaired) electrons. The summed E-state index contributed by atoms with van der Waals surface area (Å²) in [5, 5.41) is 4.88. The van der Waals surface area contributed by atoms with Gasteiger partial charge in [-0.15, -0.1) is 13.2 Å². The second-order valence-corrected chi connectivity index (χ2v) is 7.34. The molecule has 0 aromatic heterocycles. The Labute approximate surface area is 177 Å². The fourth-order valence-electron chi connectivity index (χ4n) is 3.34. The fraction of sp³-hybridized carbons (Fsp3) is 0.500. The zero-order chi connectivity index (χ0) is 23.2. The average molecular weight is 443 g/mol. The Bertz CT molecular complexity index is 829. The highest BCUT2D eigenvalue weighted by Gasteiger charge is 2.39. The smallest absolute Gasteiger partial charge is 0.405 e. The number of ether oxygens (including phenoxy) is 1. The first kappa shape index (κ1) is 24.2. The molecule has 0 aliphatic carbocycles. The number of nitrogens with zero attached hydrogens (tertiary/aromatic N) is 1. The van der Waals surface area contributed by atoms with Crippen molar-refractivity contribution in [3.8, 4) is 5.75 Å². The molecule has 2 rings (SSSR count). The van der Waals surface area contributed by atoms with Crippen LogP contribution in [0.25, 0.3) is 0 Å². The molecule has 1 aromatic carbocycles. The number of para-hydroxylation sites is 1. The lowest BCUT2D eigenvalue weighted by molar-refractivity contribution is -0.274. The molecule has 0 unspecified atom stereocenters. The normalized spacial score (nSPS) is 17.2. The van der Waals surface area contributed by atoms with Gasteiger partial charge in [-0.05, 0) is 30.9 Å². The Balaban J connectivity index is 2.20. The van der Waals surface area contributed by atoms with E-state index in [4.69, 9.17) is 0 Å². The third-order valence-electron chi connectivity index (χ3n) is 4.77. The largest absolute Gasteiger partial charge is 0.573 e. The van der Waals surface area contributed by atoms with Crippen LogP contribution in [0.5, 0.6) is 5.75 Å². The van der Waals surface area contributed by atoms with Gasteiger partial charge in [0.05, 0.1) is 12.1 Å². The molecule has 2 atom stereocenters. The summed E-state index contributed by atoms with van der Waals surface area (Å²) in [6.07, 6.45) is -3.50. The van der Waals surface area contributed by atoms with Gasteiger partial charge in [-0.2, -0.15) is 0 Å². The van der Waals surface area contributed by atoms with E-state index in [-0.39, 0.29) is 18.7 Å². The molecule has 31 heavy (non-hydrogen) atoms. The number of rotatable bonds is 8. The maximum atomic E-state index is 13.1. The molecule has 0 bridgehead atoms. The first-order valence-corrected chi connectivity index (χ1v) is 9.72. The van der Waals surface area contributed by atoms with E-state index in [1.807, 2.05) is 0 Å². The molecule has 170 valence electrons. The lowest BCUT2D eigenvalue weighted by atomic mass is 10.0. The molecular weight excluding hydrogens is 419 g/mol. The van der Waals surface area contributed by atoms with Crippen LogP contribution in [0.3, 0.4) is 0 Å². The molecule has 1 heterocycles. The molecule has 1 fully saturated rings. The number of halogens is 3. The van der Waals surface area contributed by atoms with Gasteiger partial charge < -0.3 is 25.1 Å². The van der Waals surface area contributed by atoms with Gasteiger partial charge in [0.2, 0.25) is 11.8 Å². The summed E-state index contributed by atoms with van der Waals surface area (Å²) in [7, 11) is 0. The predicted octanol–water partition coefficient (Wildman–Crippen LogP) is 1.65. The van der Waals surface area contributed by atoms with E-state index >= 15 is 0 Å². The lowest BCUT2D eigenvalue weighted by Crippen LogP contribution is -2.55. The topological polar surface area (TPSA) is 105 Å². The van der Waals surface area contributed by atoms with Crippen molar-refractivity contribution in [1.82, 2.24) is 15.5 Å². The summed E-state index contributed by atoms with van der Waals surface area (Å²) < 4.78 is 41.8. The Morgan fingerprint density at radius 3 is 2.55 bits per heavy atom. The van der Waals surface area contributed by atoms with Gasteiger partial charge in [-0.1, -0.05) is 26.0 Å². The highest BCUT2D eigenvalue weighted by atomic mass is 19.4. The number of carbonyl (C=O) groups is 4. The summed E-state index contributed by atoms with van der Waals surface area (Å²) in [6, 6.07) is 2.96. The molecular formula is C20H24F3N3O5. The van der Waals surface area contributed by atoms with Crippen LogP contribution >= 0.6 is 0 Å². The Morgan fingerprint density at radius 1 is 1.26 bits per heavy atom. The van der Waals surface area contributed by atoms with Crippen molar-refractivity contribution < 1.29 is 37.1 Å². The summed E-state index contributed by atoms with van der Waals surface area (Å²) >= 11 is 0. The minimum absolute atomic E-state index is 0.183. The van der Waals surface area contributed by atoms with E-state index in [0.717, 1.165) is 12.1 Å². The predicted molar refractivity (Wildman–Crippen MR) is 103 cm³/mol. The average Bonchev–Trinajstić information content (AvgIpc) is 3.18. The van der Waals surface area contributed by atoms with Crippen LogP contribution in [0.15, 0.2) is 24.3 Å². The monoisotopic (exact) mass is 443 g/mol. The van der Waals surface area contributed by atoms with E-state index in [0.29, 0.717) is 19.1 Å². The number of alkyl halides is 3. The highest BCUT2D eigenvalue weighted by Crippen LogP contribution is 2.27. The van der Waals surface area contributed by atoms with Crippen molar-refractivity contribution in [2.75, 3.05) is 13.1 Å². The molecule has 11 heteroatoms. The van der Waals surface area contributed by atoms with Crippen molar-refractivity contribution in [1.29, 1.82) is 0 Å². The number of hydrogen-bond acceptors (Lipinski definition) is 5. The van der Waals surface area contributed by atoms with Gasteiger partial charge in [-0.25, -0.2) is 0 Å². The number of aldehydes is 1. The van der Waals surface area contributed by atoms with Crippen molar-refractivity contribution in [3.05, 3.63) is 29.8 Å². The van der Waals surface area contributed by atoms with Crippen LogP contribution in [0.2, 0.25) is 0 Å². The molecule has 8 nitrogen and oxygen atoms in total. The van der Waals surface area contributed by atoms with Gasteiger partial charge in [0, 0.05) is 6.54 Å². The van der Waals surface area contributed by atoms with Crippen molar-refractivity contribution >= 4 is 24.0 Å². The van der Waals surface area contributed by atoms with Gasteiger partial charge in [0.15, 0.2) is 0 Å². The molecule has 1 aliphatic heterocycles. The standard InChI is InChI=1S/C20H24F3N3O5/c1-12(2)16(19(30)26-10-5-7-14(26)18(29)24-9-11-27)25-17(28)13-6-3-4-8-15(13)31-20(21,22)23/h3-4,6,8,11-12,14,16H,5,7,9-10H2,1-2H3,(H,24,29)(H,25,28)/t14-,16-/m0/s1. The summed E-state index contributed by atoms with van der Waals surface area (Å²) in [5.74, 6) is -3.01. The van der Waals surface area contributed by atoms with Crippen LogP contribution in [0, 0.1) is 5.92 Å². The van der Waals surface area contributed by atoms with Crippen molar-refractivity contribution in [3.63, 3.8) is 0 Å². The number of amides is 3. The number of hydrogen-bond donors (Lipinski definition) is 2. The molecule has 3 amide bonds. The van der Waals surface area contributed by atoms with E-state index in [2.05, 4.69) is 15.4 Å². The van der Waals surface area contributed by atoms with Crippen molar-refractivity contribution in [2.24, 2.45) is 5.92 Å². The van der Waals surface area contributed by atoms with Crippen LogP contribution in [-0.4, -0.2) is 60.4 Å². The SMILES string of the molecule is CC(C)[C@H](NC(=O)c1ccccc1OC(F)(F)F)C(=O)N1CCC[C@H]1C(=O)NCC=O. The number of likely N-dealkylation sites (tertiary alicyclic amines) is 1. The zero-order valence-corrected chi connectivity index (χ0v) is 17.1. The molecule has 0 saturated carbocycles. The van der Waals surface area contributed by atoms with E-state index in [9.17, 15) is 32.3 Å². The van der Waals surface area contributed by atoms with Crippen LogP contribution < -0.4 is 15.4 Å². The lowest BCUT2D eigenvalue weighted by Gasteiger charge is -2.30. The Morgan fingerprint density at radius 2 is 1.94 bits per heavy atom. The molecule has 0 spiro atoms. The fourth-order valence-corrected chi connectivity index (χ4v) is 3.34. The first-order valence-electron chi connectivity index (χ1n) is 9.72. The highest BCUT2D eigenvalue weighted by molar-refractivity contribution is 6.00. The van der Waals surface area contributed by atoms with E-state index < -0.39 is 47.8 Å². The summed E-state index contributed by atoms with van der Waals surface area (Å²) in [4.78, 5) is 49.9. The molecule has 2 N–H and O–H groups in total. The van der Waals surface area contributed by atoms with Crippen LogP contribution in [-0.2, 0) is 14.4 Å². The Hall–Kier alpha value is -3.11. The first-order chi connectivity index (χ1) is 14.5. The maximum absolute atomic E-state index is 13.1. The summed E-state index contributed by atoms with van der Waals surface area (Å²) in [6.45, 7) is 3.43. The third-order valence-corrected chi connectivity index (χ3v) is 4.77. The van der Waals surface area contributed by atoms with Crippen LogP contribution in [0.1, 0.15) is 37.0 Å². The van der Waals surface area contributed by atoms with Gasteiger partial charge in [0.1, 0.15) is 24.1 Å². The number of benzene rings is 1. The molecule has 1 aromatic rings. The van der Waals surface area contributed by atoms with Crippen LogP contribution in [0.4, 0.5) is 13.2 Å². The number of carbonyl (C=O) groups excluding carboxylic acids is 4.